The molecule has 1 aromatic carbocycles. The summed E-state index contributed by atoms with van der Waals surface area (Å²) >= 11 is 0. The summed E-state index contributed by atoms with van der Waals surface area (Å²) in [7, 11) is 0. The molecule has 2 aliphatic heterocycles. The number of benzene rings is 1. The van der Waals surface area contributed by atoms with Gasteiger partial charge >= 0.3 is 6.61 Å². The van der Waals surface area contributed by atoms with Gasteiger partial charge in [0.25, 0.3) is 0 Å². The number of piperidine rings is 1. The fraction of sp³-hybridized carbons (Fsp3) is 0.550. The summed E-state index contributed by atoms with van der Waals surface area (Å²) < 4.78 is 35.0. The van der Waals surface area contributed by atoms with E-state index in [2.05, 4.69) is 19.8 Å². The number of ether oxygens (including phenoxy) is 1. The number of aromatic nitrogens is 2. The molecule has 0 N–H and O–H groups in total. The molecular weight excluding hydrogens is 382 g/mol. The van der Waals surface area contributed by atoms with Crippen LogP contribution < -0.4 is 4.74 Å². The third-order valence-electron chi connectivity index (χ3n) is 5.53. The number of hydrogen-bond donors (Lipinski definition) is 0. The monoisotopic (exact) mass is 406 g/mol. The van der Waals surface area contributed by atoms with Crippen LogP contribution >= 0.6 is 0 Å². The van der Waals surface area contributed by atoms with E-state index in [0.717, 1.165) is 51.9 Å². The van der Waals surface area contributed by atoms with Gasteiger partial charge in [-0.1, -0.05) is 17.3 Å². The quantitative estimate of drug-likeness (QED) is 0.734. The van der Waals surface area contributed by atoms with Crippen LogP contribution in [0.1, 0.15) is 31.6 Å². The van der Waals surface area contributed by atoms with Crippen molar-refractivity contribution in [2.75, 3.05) is 26.2 Å². The predicted molar refractivity (Wildman–Crippen MR) is 100 cm³/mol. The van der Waals surface area contributed by atoms with Crippen LogP contribution in [-0.4, -0.2) is 58.6 Å². The Morgan fingerprint density at radius 2 is 1.90 bits per heavy atom. The smallest absolute Gasteiger partial charge is 0.387 e. The summed E-state index contributed by atoms with van der Waals surface area (Å²) in [5, 5.41) is 3.92. The topological polar surface area (TPSA) is 71.7 Å². The number of carbonyl (C=O) groups excluding carboxylic acids is 1. The van der Waals surface area contributed by atoms with Crippen LogP contribution in [0.3, 0.4) is 0 Å². The summed E-state index contributed by atoms with van der Waals surface area (Å²) in [5.74, 6) is 1.03. The molecule has 156 valence electrons. The highest BCUT2D eigenvalue weighted by Gasteiger charge is 2.30. The van der Waals surface area contributed by atoms with Crippen molar-refractivity contribution in [2.24, 2.45) is 5.92 Å². The largest absolute Gasteiger partial charge is 0.434 e. The van der Waals surface area contributed by atoms with Gasteiger partial charge < -0.3 is 14.2 Å². The summed E-state index contributed by atoms with van der Waals surface area (Å²) in [6.07, 6.45) is 3.86. The standard InChI is InChI=1S/C20H24F2N4O3/c21-20(22)28-16-6-2-1-5-15(16)18-23-17(29-24-18)13-25-11-7-14(8-12-25)19(27)26-9-3-4-10-26/h1-2,5-6,14,20H,3-4,7-13H2. The van der Waals surface area contributed by atoms with Crippen molar-refractivity contribution in [3.63, 3.8) is 0 Å². The Hall–Kier alpha value is -2.55. The molecule has 0 unspecified atom stereocenters. The highest BCUT2D eigenvalue weighted by atomic mass is 19.3. The molecule has 1 amide bonds. The zero-order valence-corrected chi connectivity index (χ0v) is 16.1. The van der Waals surface area contributed by atoms with E-state index in [9.17, 15) is 13.6 Å². The van der Waals surface area contributed by atoms with Crippen LogP contribution in [0, 0.1) is 5.92 Å². The van der Waals surface area contributed by atoms with Gasteiger partial charge in [-0.15, -0.1) is 0 Å². The molecule has 0 radical (unpaired) electrons. The van der Waals surface area contributed by atoms with Gasteiger partial charge in [-0.3, -0.25) is 9.69 Å². The minimum atomic E-state index is -2.92. The number of halogens is 2. The molecule has 0 spiro atoms. The molecule has 9 heteroatoms. The van der Waals surface area contributed by atoms with Crippen LogP contribution in [0.15, 0.2) is 28.8 Å². The highest BCUT2D eigenvalue weighted by Crippen LogP contribution is 2.29. The number of hydrogen-bond acceptors (Lipinski definition) is 6. The maximum atomic E-state index is 12.6. The molecule has 4 rings (SSSR count). The van der Waals surface area contributed by atoms with Gasteiger partial charge in [0.2, 0.25) is 17.6 Å². The number of nitrogens with zero attached hydrogens (tertiary/aromatic N) is 4. The zero-order valence-electron chi connectivity index (χ0n) is 16.1. The molecule has 0 aliphatic carbocycles. The maximum Gasteiger partial charge on any atom is 0.387 e. The van der Waals surface area contributed by atoms with Crippen LogP contribution in [0.5, 0.6) is 5.75 Å². The Kier molecular flexibility index (Phi) is 6.03. The number of amides is 1. The Morgan fingerprint density at radius 3 is 2.62 bits per heavy atom. The molecule has 0 atom stereocenters. The van der Waals surface area contributed by atoms with E-state index >= 15 is 0 Å². The van der Waals surface area contributed by atoms with Gasteiger partial charge in [-0.25, -0.2) is 0 Å². The van der Waals surface area contributed by atoms with Crippen LogP contribution in [-0.2, 0) is 11.3 Å². The molecule has 1 aromatic heterocycles. The van der Waals surface area contributed by atoms with Crippen molar-refractivity contribution in [2.45, 2.75) is 38.8 Å². The van der Waals surface area contributed by atoms with Crippen molar-refractivity contribution in [3.8, 4) is 17.1 Å². The molecule has 2 saturated heterocycles. The van der Waals surface area contributed by atoms with E-state index in [0.29, 0.717) is 18.0 Å². The normalized spacial score (nSPS) is 18.5. The number of carbonyl (C=O) groups is 1. The lowest BCUT2D eigenvalue weighted by Gasteiger charge is -2.32. The third kappa shape index (κ3) is 4.72. The highest BCUT2D eigenvalue weighted by molar-refractivity contribution is 5.79. The second-order valence-electron chi connectivity index (χ2n) is 7.47. The van der Waals surface area contributed by atoms with E-state index < -0.39 is 6.61 Å². The lowest BCUT2D eigenvalue weighted by atomic mass is 9.95. The van der Waals surface area contributed by atoms with E-state index in [1.54, 1.807) is 18.2 Å². The number of para-hydroxylation sites is 1. The molecule has 2 aromatic rings. The van der Waals surface area contributed by atoms with Crippen molar-refractivity contribution in [1.82, 2.24) is 19.9 Å². The van der Waals surface area contributed by atoms with Crippen molar-refractivity contribution < 1.29 is 22.8 Å². The molecule has 7 nitrogen and oxygen atoms in total. The first-order valence-corrected chi connectivity index (χ1v) is 9.98. The molecule has 29 heavy (non-hydrogen) atoms. The Balaban J connectivity index is 1.34. The first-order chi connectivity index (χ1) is 14.1. The van der Waals surface area contributed by atoms with Gasteiger partial charge in [-0.2, -0.15) is 13.8 Å². The number of alkyl halides is 2. The van der Waals surface area contributed by atoms with Crippen molar-refractivity contribution in [1.29, 1.82) is 0 Å². The lowest BCUT2D eigenvalue weighted by molar-refractivity contribution is -0.136. The molecule has 0 bridgehead atoms. The first kappa shape index (κ1) is 19.8. The Labute approximate surface area is 167 Å². The fourth-order valence-corrected chi connectivity index (χ4v) is 4.00. The van der Waals surface area contributed by atoms with Crippen molar-refractivity contribution in [3.05, 3.63) is 30.2 Å². The summed E-state index contributed by atoms with van der Waals surface area (Å²) in [6, 6.07) is 6.36. The second-order valence-corrected chi connectivity index (χ2v) is 7.47. The van der Waals surface area contributed by atoms with Crippen LogP contribution in [0.2, 0.25) is 0 Å². The summed E-state index contributed by atoms with van der Waals surface area (Å²) in [6.45, 7) is 0.892. The van der Waals surface area contributed by atoms with Crippen molar-refractivity contribution >= 4 is 5.91 Å². The average Bonchev–Trinajstić information content (AvgIpc) is 3.40. The Morgan fingerprint density at radius 1 is 1.17 bits per heavy atom. The van der Waals surface area contributed by atoms with Gasteiger partial charge in [0, 0.05) is 19.0 Å². The van der Waals surface area contributed by atoms with Gasteiger partial charge in [-0.05, 0) is 50.9 Å². The number of rotatable bonds is 6. The second kappa shape index (κ2) is 8.86. The van der Waals surface area contributed by atoms with Crippen LogP contribution in [0.4, 0.5) is 8.78 Å². The lowest BCUT2D eigenvalue weighted by Crippen LogP contribution is -2.41. The van der Waals surface area contributed by atoms with Crippen LogP contribution in [0.25, 0.3) is 11.4 Å². The maximum absolute atomic E-state index is 12.6. The van der Waals surface area contributed by atoms with Gasteiger partial charge in [0.15, 0.2) is 0 Å². The SMILES string of the molecule is O=C(C1CCN(Cc2nc(-c3ccccc3OC(F)F)no2)CC1)N1CCCC1. The molecule has 0 saturated carbocycles. The average molecular weight is 406 g/mol. The fourth-order valence-electron chi connectivity index (χ4n) is 4.00. The summed E-state index contributed by atoms with van der Waals surface area (Å²) in [4.78, 5) is 21.0. The molecule has 2 fully saturated rings. The van der Waals surface area contributed by atoms with E-state index in [1.165, 1.54) is 6.07 Å². The minimum absolute atomic E-state index is 0.0103. The zero-order chi connectivity index (χ0) is 20.2. The van der Waals surface area contributed by atoms with Gasteiger partial charge in [0.1, 0.15) is 5.75 Å². The van der Waals surface area contributed by atoms with E-state index in [4.69, 9.17) is 4.52 Å². The summed E-state index contributed by atoms with van der Waals surface area (Å²) in [5.41, 5.74) is 0.359. The number of likely N-dealkylation sites (tertiary alicyclic amines) is 2. The first-order valence-electron chi connectivity index (χ1n) is 9.98. The molecular formula is C20H24F2N4O3. The Bertz CT molecular complexity index is 831. The predicted octanol–water partition coefficient (Wildman–Crippen LogP) is 3.17. The van der Waals surface area contributed by atoms with E-state index in [1.807, 2.05) is 4.90 Å². The molecule has 2 aliphatic rings. The minimum Gasteiger partial charge on any atom is -0.434 e. The third-order valence-corrected chi connectivity index (χ3v) is 5.53. The van der Waals surface area contributed by atoms with E-state index in [-0.39, 0.29) is 23.4 Å². The van der Waals surface area contributed by atoms with Gasteiger partial charge in [0.05, 0.1) is 12.1 Å². The molecule has 3 heterocycles.